The Kier molecular flexibility index (Phi) is 2.11. The van der Waals surface area contributed by atoms with Crippen LogP contribution in [0, 0.1) is 0 Å². The van der Waals surface area contributed by atoms with Gasteiger partial charge in [-0.3, -0.25) is 0 Å². The second-order valence-electron chi connectivity index (χ2n) is 4.04. The molecule has 0 aromatic rings. The molecule has 0 bridgehead atoms. The lowest BCUT2D eigenvalue weighted by atomic mass is 10.1. The third kappa shape index (κ3) is 1.48. The van der Waals surface area contributed by atoms with E-state index in [1.807, 2.05) is 20.8 Å². The number of hydrogen-bond donors (Lipinski definition) is 1. The topological polar surface area (TPSA) is 47.9 Å². The summed E-state index contributed by atoms with van der Waals surface area (Å²) < 4.78 is 16.5. The van der Waals surface area contributed by atoms with Crippen LogP contribution in [0.1, 0.15) is 27.2 Å². The van der Waals surface area contributed by atoms with Gasteiger partial charge in [-0.2, -0.15) is 0 Å². The molecule has 2 fully saturated rings. The normalized spacial score (nSPS) is 48.0. The van der Waals surface area contributed by atoms with Crippen molar-refractivity contribution < 1.29 is 19.3 Å². The Bertz CT molecular complexity index is 204. The van der Waals surface area contributed by atoms with E-state index >= 15 is 0 Å². The van der Waals surface area contributed by atoms with E-state index in [-0.39, 0.29) is 12.2 Å². The zero-order valence-electron chi connectivity index (χ0n) is 8.19. The Labute approximate surface area is 77.8 Å². The van der Waals surface area contributed by atoms with Gasteiger partial charge in [-0.05, 0) is 20.3 Å². The molecule has 0 radical (unpaired) electrons. The summed E-state index contributed by atoms with van der Waals surface area (Å²) in [5.74, 6) is -0.630. The van der Waals surface area contributed by atoms with Crippen LogP contribution >= 0.6 is 0 Å². The monoisotopic (exact) mass is 188 g/mol. The first kappa shape index (κ1) is 9.40. The van der Waals surface area contributed by atoms with E-state index in [2.05, 4.69) is 0 Å². The van der Waals surface area contributed by atoms with Crippen LogP contribution in [-0.4, -0.2) is 35.5 Å². The van der Waals surface area contributed by atoms with Gasteiger partial charge in [0.15, 0.2) is 12.1 Å². The number of hydrogen-bond acceptors (Lipinski definition) is 4. The molecule has 13 heavy (non-hydrogen) atoms. The van der Waals surface area contributed by atoms with Crippen molar-refractivity contribution >= 4 is 0 Å². The SMILES string of the molecule is CC[C@H]1O[C@@H]2OC(C)(C)O[C@@H]2[C@@H]1O. The summed E-state index contributed by atoms with van der Waals surface area (Å²) >= 11 is 0. The van der Waals surface area contributed by atoms with E-state index in [4.69, 9.17) is 14.2 Å². The average Bonchev–Trinajstić information content (AvgIpc) is 2.47. The number of aliphatic hydroxyl groups excluding tert-OH is 1. The molecule has 4 heteroatoms. The maximum absolute atomic E-state index is 9.76. The molecule has 0 unspecified atom stereocenters. The van der Waals surface area contributed by atoms with Crippen molar-refractivity contribution in [3.05, 3.63) is 0 Å². The van der Waals surface area contributed by atoms with E-state index in [0.717, 1.165) is 6.42 Å². The molecule has 1 N–H and O–H groups in total. The van der Waals surface area contributed by atoms with Crippen LogP contribution in [0.15, 0.2) is 0 Å². The van der Waals surface area contributed by atoms with Gasteiger partial charge in [-0.25, -0.2) is 0 Å². The fourth-order valence-electron chi connectivity index (χ4n) is 1.90. The first-order chi connectivity index (χ1) is 6.03. The van der Waals surface area contributed by atoms with Gasteiger partial charge >= 0.3 is 0 Å². The Balaban J connectivity index is 2.07. The van der Waals surface area contributed by atoms with Crippen LogP contribution in [0.25, 0.3) is 0 Å². The molecule has 4 nitrogen and oxygen atoms in total. The minimum Gasteiger partial charge on any atom is -0.387 e. The summed E-state index contributed by atoms with van der Waals surface area (Å²) in [5, 5.41) is 9.76. The van der Waals surface area contributed by atoms with Crippen molar-refractivity contribution in [1.82, 2.24) is 0 Å². The molecule has 2 heterocycles. The van der Waals surface area contributed by atoms with Gasteiger partial charge in [0.25, 0.3) is 0 Å². The maximum atomic E-state index is 9.76. The Morgan fingerprint density at radius 1 is 1.31 bits per heavy atom. The molecule has 0 spiro atoms. The van der Waals surface area contributed by atoms with Crippen molar-refractivity contribution in [2.45, 2.75) is 57.6 Å². The zero-order chi connectivity index (χ0) is 9.64. The minimum atomic E-state index is -0.630. The smallest absolute Gasteiger partial charge is 0.190 e. The van der Waals surface area contributed by atoms with Crippen molar-refractivity contribution in [2.75, 3.05) is 0 Å². The van der Waals surface area contributed by atoms with Crippen molar-refractivity contribution in [3.63, 3.8) is 0 Å². The highest BCUT2D eigenvalue weighted by atomic mass is 16.8. The fraction of sp³-hybridized carbons (Fsp3) is 1.00. The average molecular weight is 188 g/mol. The van der Waals surface area contributed by atoms with Crippen LogP contribution in [0.4, 0.5) is 0 Å². The van der Waals surface area contributed by atoms with Crippen LogP contribution < -0.4 is 0 Å². The van der Waals surface area contributed by atoms with Gasteiger partial charge in [0.1, 0.15) is 12.2 Å². The fourth-order valence-corrected chi connectivity index (χ4v) is 1.90. The second kappa shape index (κ2) is 2.92. The van der Waals surface area contributed by atoms with Gasteiger partial charge in [-0.15, -0.1) is 0 Å². The van der Waals surface area contributed by atoms with E-state index in [0.29, 0.717) is 0 Å². The third-order valence-electron chi connectivity index (χ3n) is 2.52. The first-order valence-electron chi connectivity index (χ1n) is 4.72. The molecular weight excluding hydrogens is 172 g/mol. The summed E-state index contributed by atoms with van der Waals surface area (Å²) in [6.45, 7) is 5.62. The molecule has 76 valence electrons. The second-order valence-corrected chi connectivity index (χ2v) is 4.04. The third-order valence-corrected chi connectivity index (χ3v) is 2.52. The van der Waals surface area contributed by atoms with E-state index in [1.165, 1.54) is 0 Å². The van der Waals surface area contributed by atoms with Crippen molar-refractivity contribution in [2.24, 2.45) is 0 Å². The number of fused-ring (bicyclic) bond motifs is 1. The van der Waals surface area contributed by atoms with E-state index < -0.39 is 18.2 Å². The van der Waals surface area contributed by atoms with E-state index in [1.54, 1.807) is 0 Å². The summed E-state index contributed by atoms with van der Waals surface area (Å²) in [4.78, 5) is 0. The van der Waals surface area contributed by atoms with Gasteiger partial charge in [0, 0.05) is 0 Å². The number of ether oxygens (including phenoxy) is 3. The Hall–Kier alpha value is -0.160. The summed E-state index contributed by atoms with van der Waals surface area (Å²) in [6, 6.07) is 0. The molecule has 2 rings (SSSR count). The van der Waals surface area contributed by atoms with Crippen LogP contribution in [0.5, 0.6) is 0 Å². The summed E-state index contributed by atoms with van der Waals surface area (Å²) in [5.41, 5.74) is 0. The van der Waals surface area contributed by atoms with E-state index in [9.17, 15) is 5.11 Å². The molecule has 0 aromatic heterocycles. The van der Waals surface area contributed by atoms with Gasteiger partial charge < -0.3 is 19.3 Å². The predicted octanol–water partition coefficient (Wildman–Crippen LogP) is 0.634. The largest absolute Gasteiger partial charge is 0.387 e. The lowest BCUT2D eigenvalue weighted by Gasteiger charge is -2.22. The molecule has 2 saturated heterocycles. The number of rotatable bonds is 1. The Morgan fingerprint density at radius 3 is 2.54 bits per heavy atom. The van der Waals surface area contributed by atoms with Crippen molar-refractivity contribution in [1.29, 1.82) is 0 Å². The lowest BCUT2D eigenvalue weighted by Crippen LogP contribution is -2.34. The molecule has 2 aliphatic heterocycles. The van der Waals surface area contributed by atoms with Gasteiger partial charge in [0.05, 0.1) is 6.10 Å². The minimum absolute atomic E-state index is 0.147. The molecule has 0 aromatic carbocycles. The zero-order valence-corrected chi connectivity index (χ0v) is 8.19. The molecule has 4 atom stereocenters. The van der Waals surface area contributed by atoms with Crippen LogP contribution in [0.3, 0.4) is 0 Å². The summed E-state index contributed by atoms with van der Waals surface area (Å²) in [6.07, 6.45) is -0.640. The molecule has 0 saturated carbocycles. The predicted molar refractivity (Wildman–Crippen MR) is 45.0 cm³/mol. The quantitative estimate of drug-likeness (QED) is 0.655. The summed E-state index contributed by atoms with van der Waals surface area (Å²) in [7, 11) is 0. The number of aliphatic hydroxyl groups is 1. The molecule has 0 aliphatic carbocycles. The van der Waals surface area contributed by atoms with Gasteiger partial charge in [-0.1, -0.05) is 6.92 Å². The molecule has 2 aliphatic rings. The molecule has 0 amide bonds. The lowest BCUT2D eigenvalue weighted by molar-refractivity contribution is -0.214. The Morgan fingerprint density at radius 2 is 2.00 bits per heavy atom. The molecular formula is C9H16O4. The highest BCUT2D eigenvalue weighted by Gasteiger charge is 2.53. The highest BCUT2D eigenvalue weighted by Crippen LogP contribution is 2.37. The highest BCUT2D eigenvalue weighted by molar-refractivity contribution is 4.92. The standard InChI is InChI=1S/C9H16O4/c1-4-5-6(10)7-8(11-5)13-9(2,3)12-7/h5-8,10H,4H2,1-3H3/t5-,6-,7-,8-/m1/s1. The first-order valence-corrected chi connectivity index (χ1v) is 4.72. The van der Waals surface area contributed by atoms with Gasteiger partial charge in [0.2, 0.25) is 0 Å². The van der Waals surface area contributed by atoms with Crippen molar-refractivity contribution in [3.8, 4) is 0 Å². The van der Waals surface area contributed by atoms with Crippen LogP contribution in [0.2, 0.25) is 0 Å². The maximum Gasteiger partial charge on any atom is 0.190 e. The van der Waals surface area contributed by atoms with Crippen LogP contribution in [-0.2, 0) is 14.2 Å².